The number of halogens is 2. The molecule has 1 aromatic carbocycles. The molecular formula is C16H16BrClN2O2. The van der Waals surface area contributed by atoms with Crippen LogP contribution < -0.4 is 10.1 Å². The molecule has 4 nitrogen and oxygen atoms in total. The van der Waals surface area contributed by atoms with Gasteiger partial charge in [0.2, 0.25) is 0 Å². The van der Waals surface area contributed by atoms with E-state index in [1.807, 2.05) is 32.0 Å². The Morgan fingerprint density at radius 3 is 2.73 bits per heavy atom. The van der Waals surface area contributed by atoms with Gasteiger partial charge in [0.05, 0.1) is 12.1 Å². The van der Waals surface area contributed by atoms with Crippen LogP contribution in [0.3, 0.4) is 0 Å². The molecule has 116 valence electrons. The molecule has 1 heterocycles. The van der Waals surface area contributed by atoms with Crippen molar-refractivity contribution in [3.05, 3.63) is 56.8 Å². The first kappa shape index (κ1) is 16.8. The Labute approximate surface area is 143 Å². The first-order valence-electron chi connectivity index (χ1n) is 6.77. The van der Waals surface area contributed by atoms with Crippen molar-refractivity contribution in [2.75, 3.05) is 13.2 Å². The van der Waals surface area contributed by atoms with Gasteiger partial charge in [0.15, 0.2) is 0 Å². The van der Waals surface area contributed by atoms with Crippen LogP contribution in [-0.4, -0.2) is 24.0 Å². The molecule has 2 rings (SSSR count). The first-order chi connectivity index (χ1) is 10.5. The minimum Gasteiger partial charge on any atom is -0.491 e. The molecule has 22 heavy (non-hydrogen) atoms. The Morgan fingerprint density at radius 1 is 1.36 bits per heavy atom. The van der Waals surface area contributed by atoms with Crippen molar-refractivity contribution in [1.82, 2.24) is 10.3 Å². The van der Waals surface area contributed by atoms with Crippen molar-refractivity contribution < 1.29 is 9.53 Å². The number of carbonyl (C=O) groups excluding carboxylic acids is 1. The number of aromatic nitrogens is 1. The quantitative estimate of drug-likeness (QED) is 0.629. The van der Waals surface area contributed by atoms with Crippen LogP contribution in [0.15, 0.2) is 34.9 Å². The van der Waals surface area contributed by atoms with Gasteiger partial charge in [-0.05, 0) is 47.0 Å². The molecule has 2 aromatic rings. The summed E-state index contributed by atoms with van der Waals surface area (Å²) in [5.41, 5.74) is 2.49. The molecule has 0 saturated heterocycles. The molecule has 0 radical (unpaired) electrons. The predicted octanol–water partition coefficient (Wildman–Crippen LogP) is 3.92. The maximum atomic E-state index is 12.1. The van der Waals surface area contributed by atoms with Gasteiger partial charge in [-0.2, -0.15) is 0 Å². The average Bonchev–Trinajstić information content (AvgIpc) is 2.48. The minimum absolute atomic E-state index is 0.177. The van der Waals surface area contributed by atoms with Crippen LogP contribution in [0.25, 0.3) is 0 Å². The third-order valence-corrected chi connectivity index (χ3v) is 3.83. The van der Waals surface area contributed by atoms with E-state index in [-0.39, 0.29) is 11.1 Å². The number of pyridine rings is 1. The Balaban J connectivity index is 1.89. The van der Waals surface area contributed by atoms with Gasteiger partial charge in [0.1, 0.15) is 17.5 Å². The Morgan fingerprint density at radius 2 is 2.05 bits per heavy atom. The van der Waals surface area contributed by atoms with Crippen LogP contribution in [0.1, 0.15) is 21.5 Å². The minimum atomic E-state index is -0.274. The summed E-state index contributed by atoms with van der Waals surface area (Å²) in [5, 5.41) is 2.94. The summed E-state index contributed by atoms with van der Waals surface area (Å²) in [4.78, 5) is 16.0. The van der Waals surface area contributed by atoms with Gasteiger partial charge in [-0.15, -0.1) is 0 Å². The number of nitrogens with zero attached hydrogens (tertiary/aromatic N) is 1. The summed E-state index contributed by atoms with van der Waals surface area (Å²) in [5.74, 6) is 0.586. The van der Waals surface area contributed by atoms with Gasteiger partial charge in [-0.25, -0.2) is 4.98 Å². The topological polar surface area (TPSA) is 51.2 Å². The molecule has 0 unspecified atom stereocenters. The lowest BCUT2D eigenvalue weighted by molar-refractivity contribution is 0.0946. The second-order valence-corrected chi connectivity index (χ2v) is 6.09. The van der Waals surface area contributed by atoms with Crippen LogP contribution in [0.2, 0.25) is 5.15 Å². The van der Waals surface area contributed by atoms with Gasteiger partial charge >= 0.3 is 0 Å². The maximum Gasteiger partial charge on any atom is 0.254 e. The van der Waals surface area contributed by atoms with E-state index in [9.17, 15) is 4.79 Å². The van der Waals surface area contributed by atoms with Crippen LogP contribution in [0.5, 0.6) is 5.75 Å². The van der Waals surface area contributed by atoms with Crippen LogP contribution in [-0.2, 0) is 0 Å². The van der Waals surface area contributed by atoms with Gasteiger partial charge in [0, 0.05) is 10.7 Å². The van der Waals surface area contributed by atoms with E-state index in [0.29, 0.717) is 23.2 Å². The van der Waals surface area contributed by atoms with E-state index in [1.54, 1.807) is 12.3 Å². The summed E-state index contributed by atoms with van der Waals surface area (Å²) in [6.45, 7) is 4.76. The number of benzene rings is 1. The van der Waals surface area contributed by atoms with E-state index < -0.39 is 0 Å². The van der Waals surface area contributed by atoms with Crippen molar-refractivity contribution >= 4 is 33.4 Å². The SMILES string of the molecule is Cc1cccc(C)c1OCCNC(=O)c1cc(Br)cnc1Cl. The third kappa shape index (κ3) is 4.21. The molecule has 1 aromatic heterocycles. The summed E-state index contributed by atoms with van der Waals surface area (Å²) >= 11 is 9.18. The standard InChI is InChI=1S/C16H16BrClN2O2/c1-10-4-3-5-11(2)14(10)22-7-6-19-16(21)13-8-12(17)9-20-15(13)18/h3-5,8-9H,6-7H2,1-2H3,(H,19,21). The summed E-state index contributed by atoms with van der Waals surface area (Å²) in [6.07, 6.45) is 1.54. The fourth-order valence-corrected chi connectivity index (χ4v) is 2.54. The fourth-order valence-electron chi connectivity index (χ4n) is 2.02. The lowest BCUT2D eigenvalue weighted by Crippen LogP contribution is -2.28. The largest absolute Gasteiger partial charge is 0.491 e. The van der Waals surface area contributed by atoms with Crippen LogP contribution in [0, 0.1) is 13.8 Å². The number of amides is 1. The number of carbonyl (C=O) groups is 1. The zero-order valence-electron chi connectivity index (χ0n) is 12.3. The van der Waals surface area contributed by atoms with Crippen molar-refractivity contribution in [3.63, 3.8) is 0 Å². The first-order valence-corrected chi connectivity index (χ1v) is 7.94. The van der Waals surface area contributed by atoms with E-state index in [2.05, 4.69) is 26.2 Å². The number of aryl methyl sites for hydroxylation is 2. The third-order valence-electron chi connectivity index (χ3n) is 3.09. The summed E-state index contributed by atoms with van der Waals surface area (Å²) < 4.78 is 6.44. The van der Waals surface area contributed by atoms with Gasteiger partial charge in [0.25, 0.3) is 5.91 Å². The number of nitrogens with one attached hydrogen (secondary N) is 1. The molecule has 0 spiro atoms. The number of ether oxygens (including phenoxy) is 1. The van der Waals surface area contributed by atoms with Gasteiger partial charge in [-0.3, -0.25) is 4.79 Å². The predicted molar refractivity (Wildman–Crippen MR) is 90.7 cm³/mol. The molecule has 0 saturated carbocycles. The van der Waals surface area contributed by atoms with Crippen LogP contribution in [0.4, 0.5) is 0 Å². The highest BCUT2D eigenvalue weighted by Gasteiger charge is 2.11. The number of para-hydroxylation sites is 1. The van der Waals surface area contributed by atoms with Crippen LogP contribution >= 0.6 is 27.5 Å². The zero-order valence-corrected chi connectivity index (χ0v) is 14.7. The van der Waals surface area contributed by atoms with E-state index in [4.69, 9.17) is 16.3 Å². The maximum absolute atomic E-state index is 12.1. The molecule has 0 bridgehead atoms. The van der Waals surface area contributed by atoms with Gasteiger partial charge < -0.3 is 10.1 Å². The molecule has 6 heteroatoms. The lowest BCUT2D eigenvalue weighted by atomic mass is 10.1. The number of hydrogen-bond acceptors (Lipinski definition) is 3. The van der Waals surface area contributed by atoms with E-state index in [0.717, 1.165) is 16.9 Å². The molecular weight excluding hydrogens is 368 g/mol. The van der Waals surface area contributed by atoms with Crippen molar-refractivity contribution in [2.24, 2.45) is 0 Å². The Bertz CT molecular complexity index is 672. The molecule has 0 aliphatic carbocycles. The molecule has 0 atom stereocenters. The Kier molecular flexibility index (Phi) is 5.80. The molecule has 0 aliphatic heterocycles. The molecule has 1 amide bonds. The number of rotatable bonds is 5. The second-order valence-electron chi connectivity index (χ2n) is 4.82. The molecule has 0 fully saturated rings. The highest BCUT2D eigenvalue weighted by molar-refractivity contribution is 9.10. The van der Waals surface area contributed by atoms with Crippen molar-refractivity contribution in [2.45, 2.75) is 13.8 Å². The zero-order chi connectivity index (χ0) is 16.1. The highest BCUT2D eigenvalue weighted by atomic mass is 79.9. The monoisotopic (exact) mass is 382 g/mol. The van der Waals surface area contributed by atoms with E-state index in [1.165, 1.54) is 0 Å². The second kappa shape index (κ2) is 7.61. The lowest BCUT2D eigenvalue weighted by Gasteiger charge is -2.12. The summed E-state index contributed by atoms with van der Waals surface area (Å²) in [7, 11) is 0. The Hall–Kier alpha value is -1.59. The number of hydrogen-bond donors (Lipinski definition) is 1. The average molecular weight is 384 g/mol. The molecule has 1 N–H and O–H groups in total. The smallest absolute Gasteiger partial charge is 0.254 e. The fraction of sp³-hybridized carbons (Fsp3) is 0.250. The summed E-state index contributed by atoms with van der Waals surface area (Å²) in [6, 6.07) is 7.61. The van der Waals surface area contributed by atoms with E-state index >= 15 is 0 Å². The van der Waals surface area contributed by atoms with Gasteiger partial charge in [-0.1, -0.05) is 29.8 Å². The van der Waals surface area contributed by atoms with Crippen molar-refractivity contribution in [3.8, 4) is 5.75 Å². The highest BCUT2D eigenvalue weighted by Crippen LogP contribution is 2.22. The van der Waals surface area contributed by atoms with Crippen molar-refractivity contribution in [1.29, 1.82) is 0 Å². The molecule has 0 aliphatic rings. The normalized spacial score (nSPS) is 10.4.